The van der Waals surface area contributed by atoms with Gasteiger partial charge in [0, 0.05) is 32.4 Å². The van der Waals surface area contributed by atoms with Crippen molar-refractivity contribution in [2.75, 3.05) is 31.1 Å². The Morgan fingerprint density at radius 1 is 1.17 bits per heavy atom. The van der Waals surface area contributed by atoms with Crippen molar-refractivity contribution in [2.24, 2.45) is 10.9 Å². The molecule has 1 aliphatic heterocycles. The monoisotopic (exact) mass is 329 g/mol. The van der Waals surface area contributed by atoms with Gasteiger partial charge in [-0.05, 0) is 50.2 Å². The normalized spacial score (nSPS) is 19.0. The van der Waals surface area contributed by atoms with Crippen LogP contribution in [0.3, 0.4) is 0 Å². The molecule has 5 heteroatoms. The maximum Gasteiger partial charge on any atom is 0.191 e. The first-order valence-electron chi connectivity index (χ1n) is 9.57. The second-order valence-electron chi connectivity index (χ2n) is 6.95. The first-order valence-corrected chi connectivity index (χ1v) is 9.57. The topological polar surface area (TPSA) is 52.6 Å². The first-order chi connectivity index (χ1) is 11.8. The number of hydrogen-bond donors (Lipinski definition) is 2. The Balaban J connectivity index is 1.54. The van der Waals surface area contributed by atoms with E-state index in [9.17, 15) is 0 Å². The van der Waals surface area contributed by atoms with Crippen molar-refractivity contribution in [1.29, 1.82) is 0 Å². The van der Waals surface area contributed by atoms with Crippen molar-refractivity contribution in [3.63, 3.8) is 0 Å². The van der Waals surface area contributed by atoms with Crippen molar-refractivity contribution in [3.05, 3.63) is 23.9 Å². The minimum absolute atomic E-state index is 0.674. The molecule has 0 bridgehead atoms. The largest absolute Gasteiger partial charge is 0.357 e. The minimum Gasteiger partial charge on any atom is -0.357 e. The SMILES string of the molecule is CCNC(=NCc1ccc(N2CCCCCC2)nc1)NCC1CC1. The number of anilines is 1. The van der Waals surface area contributed by atoms with E-state index < -0.39 is 0 Å². The Bertz CT molecular complexity index is 513. The standard InChI is InChI=1S/C19H31N5/c1-2-20-19(22-13-16-7-8-16)23-15-17-9-10-18(21-14-17)24-11-5-3-4-6-12-24/h9-10,14,16H,2-8,11-13,15H2,1H3,(H2,20,22,23). The van der Waals surface area contributed by atoms with Gasteiger partial charge in [-0.3, -0.25) is 0 Å². The number of guanidine groups is 1. The molecule has 0 radical (unpaired) electrons. The molecule has 3 rings (SSSR count). The van der Waals surface area contributed by atoms with E-state index in [0.717, 1.165) is 49.4 Å². The number of pyridine rings is 1. The highest BCUT2D eigenvalue weighted by atomic mass is 15.2. The summed E-state index contributed by atoms with van der Waals surface area (Å²) in [5.41, 5.74) is 1.16. The molecule has 0 aromatic carbocycles. The minimum atomic E-state index is 0.674. The highest BCUT2D eigenvalue weighted by Crippen LogP contribution is 2.27. The van der Waals surface area contributed by atoms with E-state index in [4.69, 9.17) is 0 Å². The fourth-order valence-electron chi connectivity index (χ4n) is 3.07. The van der Waals surface area contributed by atoms with E-state index in [0.29, 0.717) is 6.54 Å². The molecule has 24 heavy (non-hydrogen) atoms. The van der Waals surface area contributed by atoms with E-state index >= 15 is 0 Å². The van der Waals surface area contributed by atoms with Crippen LogP contribution in [0.25, 0.3) is 0 Å². The van der Waals surface area contributed by atoms with Crippen LogP contribution >= 0.6 is 0 Å². The van der Waals surface area contributed by atoms with Crippen molar-refractivity contribution >= 4 is 11.8 Å². The summed E-state index contributed by atoms with van der Waals surface area (Å²) in [6, 6.07) is 4.32. The van der Waals surface area contributed by atoms with Gasteiger partial charge in [-0.15, -0.1) is 0 Å². The molecule has 2 N–H and O–H groups in total. The molecule has 132 valence electrons. The maximum absolute atomic E-state index is 4.68. The van der Waals surface area contributed by atoms with Crippen molar-refractivity contribution < 1.29 is 0 Å². The zero-order valence-corrected chi connectivity index (χ0v) is 14.9. The first kappa shape index (κ1) is 17.1. The number of rotatable bonds is 6. The second kappa shape index (κ2) is 8.90. The summed E-state index contributed by atoms with van der Waals surface area (Å²) in [5.74, 6) is 2.88. The summed E-state index contributed by atoms with van der Waals surface area (Å²) in [6.07, 6.45) is 9.96. The molecular formula is C19H31N5. The predicted octanol–water partition coefficient (Wildman–Crippen LogP) is 2.93. The van der Waals surface area contributed by atoms with Gasteiger partial charge in [-0.25, -0.2) is 9.98 Å². The predicted molar refractivity (Wildman–Crippen MR) is 100 cm³/mol. The van der Waals surface area contributed by atoms with Gasteiger partial charge in [-0.1, -0.05) is 18.9 Å². The molecule has 2 heterocycles. The van der Waals surface area contributed by atoms with Gasteiger partial charge in [0.1, 0.15) is 5.82 Å². The molecule has 0 spiro atoms. The van der Waals surface area contributed by atoms with Gasteiger partial charge in [-0.2, -0.15) is 0 Å². The fraction of sp³-hybridized carbons (Fsp3) is 0.684. The zero-order chi connectivity index (χ0) is 16.6. The van der Waals surface area contributed by atoms with Gasteiger partial charge in [0.2, 0.25) is 0 Å². The third kappa shape index (κ3) is 5.39. The Kier molecular flexibility index (Phi) is 6.33. The van der Waals surface area contributed by atoms with Crippen LogP contribution in [0.1, 0.15) is 51.0 Å². The van der Waals surface area contributed by atoms with Crippen LogP contribution in [0.5, 0.6) is 0 Å². The van der Waals surface area contributed by atoms with E-state index in [2.05, 4.69) is 44.6 Å². The number of aliphatic imine (C=N–C) groups is 1. The third-order valence-corrected chi connectivity index (χ3v) is 4.76. The number of hydrogen-bond acceptors (Lipinski definition) is 3. The van der Waals surface area contributed by atoms with E-state index in [1.165, 1.54) is 38.5 Å². The Morgan fingerprint density at radius 2 is 1.96 bits per heavy atom. The van der Waals surface area contributed by atoms with Crippen LogP contribution in [0.2, 0.25) is 0 Å². The zero-order valence-electron chi connectivity index (χ0n) is 14.9. The molecule has 0 atom stereocenters. The molecule has 1 aliphatic carbocycles. The molecule has 0 unspecified atom stereocenters. The van der Waals surface area contributed by atoms with E-state index in [1.54, 1.807) is 0 Å². The van der Waals surface area contributed by atoms with E-state index in [-0.39, 0.29) is 0 Å². The number of nitrogens with one attached hydrogen (secondary N) is 2. The summed E-state index contributed by atoms with van der Waals surface area (Å²) >= 11 is 0. The maximum atomic E-state index is 4.68. The number of aromatic nitrogens is 1. The quantitative estimate of drug-likeness (QED) is 0.622. The van der Waals surface area contributed by atoms with Gasteiger partial charge < -0.3 is 15.5 Å². The van der Waals surface area contributed by atoms with Crippen molar-refractivity contribution in [2.45, 2.75) is 52.0 Å². The third-order valence-electron chi connectivity index (χ3n) is 4.76. The average molecular weight is 329 g/mol. The summed E-state index contributed by atoms with van der Waals surface area (Å²) in [6.45, 7) is 6.99. The summed E-state index contributed by atoms with van der Waals surface area (Å²) in [7, 11) is 0. The highest BCUT2D eigenvalue weighted by Gasteiger charge is 2.21. The van der Waals surface area contributed by atoms with Crippen LogP contribution in [-0.2, 0) is 6.54 Å². The van der Waals surface area contributed by atoms with Crippen LogP contribution in [-0.4, -0.2) is 37.1 Å². The summed E-state index contributed by atoms with van der Waals surface area (Å²) in [5, 5.41) is 6.75. The summed E-state index contributed by atoms with van der Waals surface area (Å²) in [4.78, 5) is 11.8. The Morgan fingerprint density at radius 3 is 2.58 bits per heavy atom. The Hall–Kier alpha value is -1.78. The van der Waals surface area contributed by atoms with Crippen LogP contribution in [0.4, 0.5) is 5.82 Å². The van der Waals surface area contributed by atoms with Crippen molar-refractivity contribution in [1.82, 2.24) is 15.6 Å². The molecule has 1 aromatic rings. The van der Waals surface area contributed by atoms with Crippen molar-refractivity contribution in [3.8, 4) is 0 Å². The molecule has 1 aromatic heterocycles. The van der Waals surface area contributed by atoms with Crippen LogP contribution < -0.4 is 15.5 Å². The fourth-order valence-corrected chi connectivity index (χ4v) is 3.07. The van der Waals surface area contributed by atoms with Gasteiger partial charge in [0.25, 0.3) is 0 Å². The summed E-state index contributed by atoms with van der Waals surface area (Å²) < 4.78 is 0. The molecule has 2 aliphatic rings. The lowest BCUT2D eigenvalue weighted by atomic mass is 10.2. The smallest absolute Gasteiger partial charge is 0.191 e. The lowest BCUT2D eigenvalue weighted by Gasteiger charge is -2.21. The molecule has 1 saturated carbocycles. The van der Waals surface area contributed by atoms with Crippen LogP contribution in [0.15, 0.2) is 23.3 Å². The average Bonchev–Trinajstić information content (AvgIpc) is 3.44. The lowest BCUT2D eigenvalue weighted by Crippen LogP contribution is -2.38. The van der Waals surface area contributed by atoms with Gasteiger partial charge in [0.05, 0.1) is 6.54 Å². The molecular weight excluding hydrogens is 298 g/mol. The molecule has 2 fully saturated rings. The van der Waals surface area contributed by atoms with Gasteiger partial charge >= 0.3 is 0 Å². The highest BCUT2D eigenvalue weighted by molar-refractivity contribution is 5.79. The molecule has 0 amide bonds. The second-order valence-corrected chi connectivity index (χ2v) is 6.95. The Labute approximate surface area is 146 Å². The molecule has 1 saturated heterocycles. The lowest BCUT2D eigenvalue weighted by molar-refractivity contribution is 0.726. The van der Waals surface area contributed by atoms with E-state index in [1.807, 2.05) is 6.20 Å². The van der Waals surface area contributed by atoms with Gasteiger partial charge in [0.15, 0.2) is 5.96 Å². The number of nitrogens with zero attached hydrogens (tertiary/aromatic N) is 3. The molecule has 5 nitrogen and oxygen atoms in total. The van der Waals surface area contributed by atoms with Crippen LogP contribution in [0, 0.1) is 5.92 Å².